The molecule has 0 aliphatic carbocycles. The molecular formula is C21H24N4O8S. The molecule has 0 spiro atoms. The number of hydrogen-bond donors (Lipinski definition) is 3. The molecule has 1 aliphatic heterocycles. The highest BCUT2D eigenvalue weighted by Crippen LogP contribution is 2.30. The number of carbonyl (C=O) groups excluding carboxylic acids is 3. The fourth-order valence-electron chi connectivity index (χ4n) is 3.13. The molecule has 0 aromatic heterocycles. The quantitative estimate of drug-likeness (QED) is 0.459. The van der Waals surface area contributed by atoms with E-state index in [9.17, 15) is 22.8 Å². The Kier molecular flexibility index (Phi) is 8.04. The Morgan fingerprint density at radius 1 is 1.03 bits per heavy atom. The molecule has 0 unspecified atom stereocenters. The second kappa shape index (κ2) is 11.0. The number of nitrogens with zero attached hydrogens (tertiary/aromatic N) is 1. The van der Waals surface area contributed by atoms with Crippen LogP contribution in [0.25, 0.3) is 0 Å². The van der Waals surface area contributed by atoms with Crippen LogP contribution in [-0.4, -0.2) is 70.7 Å². The Morgan fingerprint density at radius 2 is 1.68 bits per heavy atom. The SMILES string of the molecule is COc1ccc(NC(=O)COC(=O)c2ccc(NC(N)=O)cc2)cc1S(=O)(=O)N1CCOCC1. The molecule has 34 heavy (non-hydrogen) atoms. The number of carbonyl (C=O) groups is 3. The van der Waals surface area contributed by atoms with Crippen LogP contribution < -0.4 is 21.1 Å². The van der Waals surface area contributed by atoms with Crippen LogP contribution in [0, 0.1) is 0 Å². The van der Waals surface area contributed by atoms with Crippen molar-refractivity contribution in [3.63, 3.8) is 0 Å². The first-order valence-electron chi connectivity index (χ1n) is 10.1. The van der Waals surface area contributed by atoms with Crippen LogP contribution >= 0.6 is 0 Å². The minimum absolute atomic E-state index is 0.101. The van der Waals surface area contributed by atoms with Gasteiger partial charge in [0, 0.05) is 24.5 Å². The fourth-order valence-corrected chi connectivity index (χ4v) is 4.71. The minimum atomic E-state index is -3.88. The predicted molar refractivity (Wildman–Crippen MR) is 121 cm³/mol. The van der Waals surface area contributed by atoms with E-state index in [4.69, 9.17) is 19.9 Å². The van der Waals surface area contributed by atoms with Crippen molar-refractivity contribution in [3.8, 4) is 5.75 Å². The molecule has 182 valence electrons. The standard InChI is InChI=1S/C21H24N4O8S/c1-31-17-7-6-16(12-18(17)34(29,30)25-8-10-32-11-9-25)23-19(26)13-33-20(27)14-2-4-15(5-3-14)24-21(22)28/h2-7,12H,8-11,13H2,1H3,(H,23,26)(H3,22,24,28). The number of methoxy groups -OCH3 is 1. The van der Waals surface area contributed by atoms with Crippen molar-refractivity contribution in [2.45, 2.75) is 4.90 Å². The number of benzene rings is 2. The predicted octanol–water partition coefficient (Wildman–Crippen LogP) is 1.00. The monoisotopic (exact) mass is 492 g/mol. The Hall–Kier alpha value is -3.68. The first kappa shape index (κ1) is 25.0. The lowest BCUT2D eigenvalue weighted by molar-refractivity contribution is -0.119. The minimum Gasteiger partial charge on any atom is -0.495 e. The number of nitrogens with one attached hydrogen (secondary N) is 2. The van der Waals surface area contributed by atoms with Crippen LogP contribution in [0.2, 0.25) is 0 Å². The third kappa shape index (κ3) is 6.21. The summed E-state index contributed by atoms with van der Waals surface area (Å²) in [5, 5.41) is 4.86. The Bertz CT molecular complexity index is 1160. The first-order chi connectivity index (χ1) is 16.2. The molecule has 1 heterocycles. The highest BCUT2D eigenvalue weighted by Gasteiger charge is 2.29. The van der Waals surface area contributed by atoms with Gasteiger partial charge in [0.1, 0.15) is 10.6 Å². The Balaban J connectivity index is 1.64. The summed E-state index contributed by atoms with van der Waals surface area (Å²) in [4.78, 5) is 35.2. The topological polar surface area (TPSA) is 166 Å². The zero-order valence-corrected chi connectivity index (χ0v) is 19.1. The molecule has 0 atom stereocenters. The summed E-state index contributed by atoms with van der Waals surface area (Å²) in [5.41, 5.74) is 5.76. The highest BCUT2D eigenvalue weighted by molar-refractivity contribution is 7.89. The maximum Gasteiger partial charge on any atom is 0.338 e. The number of hydrogen-bond acceptors (Lipinski definition) is 8. The molecule has 0 saturated carbocycles. The molecule has 12 nitrogen and oxygen atoms in total. The van der Waals surface area contributed by atoms with Gasteiger partial charge in [0.25, 0.3) is 5.91 Å². The number of anilines is 2. The molecule has 13 heteroatoms. The number of ether oxygens (including phenoxy) is 3. The summed E-state index contributed by atoms with van der Waals surface area (Å²) in [6.45, 7) is 0.383. The van der Waals surface area contributed by atoms with Gasteiger partial charge in [0.05, 0.1) is 25.9 Å². The summed E-state index contributed by atoms with van der Waals surface area (Å²) in [6.07, 6.45) is 0. The third-order valence-electron chi connectivity index (χ3n) is 4.76. The molecule has 2 aromatic rings. The molecule has 1 saturated heterocycles. The summed E-state index contributed by atoms with van der Waals surface area (Å²) in [6, 6.07) is 9.15. The molecular weight excluding hydrogens is 468 g/mol. The number of primary amides is 1. The number of nitrogens with two attached hydrogens (primary N) is 1. The normalized spacial score (nSPS) is 14.1. The summed E-state index contributed by atoms with van der Waals surface area (Å²) in [7, 11) is -2.53. The maximum absolute atomic E-state index is 13.0. The van der Waals surface area contributed by atoms with E-state index in [0.717, 1.165) is 0 Å². The molecule has 1 fully saturated rings. The number of sulfonamides is 1. The van der Waals surface area contributed by atoms with E-state index in [-0.39, 0.29) is 48.2 Å². The lowest BCUT2D eigenvalue weighted by Gasteiger charge is -2.26. The zero-order valence-electron chi connectivity index (χ0n) is 18.3. The lowest BCUT2D eigenvalue weighted by atomic mass is 10.2. The average molecular weight is 493 g/mol. The van der Waals surface area contributed by atoms with Crippen LogP contribution in [0.3, 0.4) is 0 Å². The van der Waals surface area contributed by atoms with Crippen molar-refractivity contribution in [2.75, 3.05) is 50.7 Å². The van der Waals surface area contributed by atoms with Gasteiger partial charge in [-0.3, -0.25) is 4.79 Å². The van der Waals surface area contributed by atoms with E-state index in [2.05, 4.69) is 10.6 Å². The van der Waals surface area contributed by atoms with Crippen LogP contribution in [0.5, 0.6) is 5.75 Å². The molecule has 0 radical (unpaired) electrons. The maximum atomic E-state index is 13.0. The lowest BCUT2D eigenvalue weighted by Crippen LogP contribution is -2.40. The van der Waals surface area contributed by atoms with Crippen LogP contribution in [0.4, 0.5) is 16.2 Å². The Labute approximate surface area is 196 Å². The fraction of sp³-hybridized carbons (Fsp3) is 0.286. The molecule has 4 N–H and O–H groups in total. The van der Waals surface area contributed by atoms with Crippen LogP contribution in [0.1, 0.15) is 10.4 Å². The van der Waals surface area contributed by atoms with Gasteiger partial charge in [-0.1, -0.05) is 0 Å². The second-order valence-corrected chi connectivity index (χ2v) is 8.98. The highest BCUT2D eigenvalue weighted by atomic mass is 32.2. The van der Waals surface area contributed by atoms with E-state index in [1.54, 1.807) is 0 Å². The van der Waals surface area contributed by atoms with Crippen molar-refractivity contribution >= 4 is 39.3 Å². The third-order valence-corrected chi connectivity index (χ3v) is 6.68. The van der Waals surface area contributed by atoms with Gasteiger partial charge in [-0.2, -0.15) is 4.31 Å². The van der Waals surface area contributed by atoms with Gasteiger partial charge < -0.3 is 30.6 Å². The van der Waals surface area contributed by atoms with E-state index in [1.807, 2.05) is 0 Å². The van der Waals surface area contributed by atoms with Crippen molar-refractivity contribution in [3.05, 3.63) is 48.0 Å². The van der Waals surface area contributed by atoms with Gasteiger partial charge >= 0.3 is 12.0 Å². The van der Waals surface area contributed by atoms with Crippen LogP contribution in [0.15, 0.2) is 47.4 Å². The van der Waals surface area contributed by atoms with Crippen LogP contribution in [-0.2, 0) is 24.3 Å². The molecule has 2 aromatic carbocycles. The number of urea groups is 1. The van der Waals surface area contributed by atoms with Gasteiger partial charge in [-0.25, -0.2) is 18.0 Å². The van der Waals surface area contributed by atoms with Crippen molar-refractivity contribution < 1.29 is 37.0 Å². The van der Waals surface area contributed by atoms with Crippen molar-refractivity contribution in [1.82, 2.24) is 4.31 Å². The smallest absolute Gasteiger partial charge is 0.338 e. The van der Waals surface area contributed by atoms with Gasteiger partial charge in [-0.05, 0) is 42.5 Å². The molecule has 3 amide bonds. The van der Waals surface area contributed by atoms with E-state index >= 15 is 0 Å². The van der Waals surface area contributed by atoms with Gasteiger partial charge in [0.2, 0.25) is 10.0 Å². The largest absolute Gasteiger partial charge is 0.495 e. The van der Waals surface area contributed by atoms with Crippen molar-refractivity contribution in [2.24, 2.45) is 5.73 Å². The molecule has 3 rings (SSSR count). The summed E-state index contributed by atoms with van der Waals surface area (Å²) in [5.74, 6) is -1.29. The molecule has 1 aliphatic rings. The van der Waals surface area contributed by atoms with Gasteiger partial charge in [-0.15, -0.1) is 0 Å². The number of morpholine rings is 1. The second-order valence-electron chi connectivity index (χ2n) is 7.07. The van der Waals surface area contributed by atoms with E-state index < -0.39 is 34.5 Å². The Morgan fingerprint density at radius 3 is 2.29 bits per heavy atom. The first-order valence-corrected chi connectivity index (χ1v) is 11.5. The van der Waals surface area contributed by atoms with E-state index in [0.29, 0.717) is 5.69 Å². The van der Waals surface area contributed by atoms with Crippen molar-refractivity contribution in [1.29, 1.82) is 0 Å². The summed E-state index contributed by atoms with van der Waals surface area (Å²) >= 11 is 0. The number of rotatable bonds is 8. The number of esters is 1. The average Bonchev–Trinajstić information content (AvgIpc) is 2.83. The molecule has 0 bridgehead atoms. The summed E-state index contributed by atoms with van der Waals surface area (Å²) < 4.78 is 42.7. The number of amides is 3. The van der Waals surface area contributed by atoms with Gasteiger partial charge in [0.15, 0.2) is 6.61 Å². The van der Waals surface area contributed by atoms with E-state index in [1.165, 1.54) is 53.9 Å². The zero-order chi connectivity index (χ0) is 24.7.